The molecule has 0 saturated carbocycles. The van der Waals surface area contributed by atoms with E-state index in [0.717, 1.165) is 0 Å². The van der Waals surface area contributed by atoms with E-state index in [1.807, 2.05) is 6.92 Å². The monoisotopic (exact) mass is 566 g/mol. The van der Waals surface area contributed by atoms with Crippen molar-refractivity contribution in [3.63, 3.8) is 0 Å². The Morgan fingerprint density at radius 2 is 1.84 bits per heavy atom. The molecule has 0 aliphatic heterocycles. The number of hydrogen-bond donors (Lipinski definition) is 3. The fourth-order valence-corrected chi connectivity index (χ4v) is 2.57. The Morgan fingerprint density at radius 3 is 2.53 bits per heavy atom. The molecule has 0 spiro atoms. The molecule has 0 saturated heterocycles. The van der Waals surface area contributed by atoms with E-state index >= 15 is 0 Å². The third-order valence-electron chi connectivity index (χ3n) is 3.77. The maximum atomic E-state index is 12.6. The highest BCUT2D eigenvalue weighted by molar-refractivity contribution is 14.0. The highest BCUT2D eigenvalue weighted by atomic mass is 127. The lowest BCUT2D eigenvalue weighted by Gasteiger charge is -2.14. The number of anilines is 1. The Hall–Kier alpha value is -2.70. The summed E-state index contributed by atoms with van der Waals surface area (Å²) in [5.74, 6) is 0.567. The van der Waals surface area contributed by atoms with Gasteiger partial charge in [-0.05, 0) is 25.1 Å². The van der Waals surface area contributed by atoms with Crippen LogP contribution in [0.3, 0.4) is 0 Å². The highest BCUT2D eigenvalue weighted by Gasteiger charge is 2.31. The van der Waals surface area contributed by atoms with E-state index < -0.39 is 6.36 Å². The van der Waals surface area contributed by atoms with E-state index in [2.05, 4.69) is 25.7 Å². The van der Waals surface area contributed by atoms with Gasteiger partial charge in [0.25, 0.3) is 0 Å². The van der Waals surface area contributed by atoms with Crippen LogP contribution in [0, 0.1) is 0 Å². The number of hydrogen-bond acceptors (Lipinski definition) is 4. The van der Waals surface area contributed by atoms with E-state index in [9.17, 15) is 18.0 Å². The Kier molecular flexibility index (Phi) is 11.7. The molecule has 7 nitrogen and oxygen atoms in total. The lowest BCUT2D eigenvalue weighted by atomic mass is 10.2. The summed E-state index contributed by atoms with van der Waals surface area (Å²) in [5.41, 5.74) is 0.940. The molecule has 0 heterocycles. The van der Waals surface area contributed by atoms with Gasteiger partial charge in [0.2, 0.25) is 5.91 Å². The number of amides is 1. The normalized spacial score (nSPS) is 11.2. The lowest BCUT2D eigenvalue weighted by Crippen LogP contribution is -2.39. The van der Waals surface area contributed by atoms with Crippen molar-refractivity contribution < 1.29 is 27.4 Å². The number of halogens is 4. The molecular formula is C21H26F3IN4O3. The van der Waals surface area contributed by atoms with Gasteiger partial charge in [0.05, 0.1) is 13.1 Å². The molecule has 2 aromatic rings. The van der Waals surface area contributed by atoms with E-state index in [1.165, 1.54) is 25.1 Å². The molecule has 176 valence electrons. The second-order valence-corrected chi connectivity index (χ2v) is 6.33. The van der Waals surface area contributed by atoms with Crippen molar-refractivity contribution in [1.82, 2.24) is 10.6 Å². The van der Waals surface area contributed by atoms with Crippen LogP contribution in [0.2, 0.25) is 0 Å². The van der Waals surface area contributed by atoms with Crippen molar-refractivity contribution in [2.24, 2.45) is 4.99 Å². The number of alkyl halides is 3. The molecule has 1 amide bonds. The first-order valence-corrected chi connectivity index (χ1v) is 9.63. The molecule has 2 aromatic carbocycles. The van der Waals surface area contributed by atoms with Crippen LogP contribution in [0.25, 0.3) is 0 Å². The summed E-state index contributed by atoms with van der Waals surface area (Å²) in [6.45, 7) is 4.58. The number of para-hydroxylation sites is 1. The molecule has 11 heteroatoms. The average Bonchev–Trinajstić information content (AvgIpc) is 2.69. The summed E-state index contributed by atoms with van der Waals surface area (Å²) < 4.78 is 47.4. The van der Waals surface area contributed by atoms with E-state index in [4.69, 9.17) is 4.74 Å². The number of carbonyl (C=O) groups excluding carboxylic acids is 1. The maximum absolute atomic E-state index is 12.6. The Morgan fingerprint density at radius 1 is 1.09 bits per heavy atom. The number of carbonyl (C=O) groups is 1. The third-order valence-corrected chi connectivity index (χ3v) is 3.77. The topological polar surface area (TPSA) is 84.0 Å². The van der Waals surface area contributed by atoms with E-state index in [0.29, 0.717) is 42.7 Å². The van der Waals surface area contributed by atoms with Crippen molar-refractivity contribution in [1.29, 1.82) is 0 Å². The molecule has 0 atom stereocenters. The van der Waals surface area contributed by atoms with Crippen LogP contribution in [0.1, 0.15) is 19.4 Å². The second kappa shape index (κ2) is 13.7. The highest BCUT2D eigenvalue weighted by Crippen LogP contribution is 2.26. The van der Waals surface area contributed by atoms with Gasteiger partial charge >= 0.3 is 6.36 Å². The number of guanidine groups is 1. The van der Waals surface area contributed by atoms with E-state index in [1.54, 1.807) is 30.3 Å². The molecular weight excluding hydrogens is 540 g/mol. The average molecular weight is 566 g/mol. The summed E-state index contributed by atoms with van der Waals surface area (Å²) in [6.07, 6.45) is -4.77. The number of nitrogens with zero attached hydrogens (tertiary/aromatic N) is 1. The number of nitrogens with one attached hydrogen (secondary N) is 3. The molecule has 32 heavy (non-hydrogen) atoms. The van der Waals surface area contributed by atoms with Crippen molar-refractivity contribution >= 4 is 41.5 Å². The zero-order valence-corrected chi connectivity index (χ0v) is 20.0. The quantitative estimate of drug-likeness (QED) is 0.183. The molecule has 0 unspecified atom stereocenters. The molecule has 0 aliphatic rings. The predicted molar refractivity (Wildman–Crippen MR) is 128 cm³/mol. The van der Waals surface area contributed by atoms with Gasteiger partial charge in [-0.25, -0.2) is 4.99 Å². The lowest BCUT2D eigenvalue weighted by molar-refractivity contribution is -0.274. The predicted octanol–water partition coefficient (Wildman–Crippen LogP) is 4.30. The molecule has 0 aliphatic carbocycles. The maximum Gasteiger partial charge on any atom is 0.573 e. The standard InChI is InChI=1S/C21H25F3N4O3.HI/c1-3-25-20(27-14-16-7-4-5-10-19(16)31-21(22,23)24)26-11-12-30-18-9-6-8-17(13-18)28-15(2)29;/h4-10,13H,3,11-12,14H2,1-2H3,(H,28,29)(H2,25,26,27);1H. The molecule has 0 bridgehead atoms. The van der Waals surface area contributed by atoms with Gasteiger partial charge in [0.1, 0.15) is 18.1 Å². The number of ether oxygens (including phenoxy) is 2. The second-order valence-electron chi connectivity index (χ2n) is 6.33. The minimum absolute atomic E-state index is 0. The van der Waals surface area contributed by atoms with Gasteiger partial charge in [-0.15, -0.1) is 37.1 Å². The van der Waals surface area contributed by atoms with Gasteiger partial charge in [0, 0.05) is 30.8 Å². The van der Waals surface area contributed by atoms with Crippen molar-refractivity contribution in [2.45, 2.75) is 26.8 Å². The van der Waals surface area contributed by atoms with Gasteiger partial charge < -0.3 is 25.4 Å². The number of rotatable bonds is 9. The molecule has 0 radical (unpaired) electrons. The number of benzene rings is 2. The first kappa shape index (κ1) is 27.3. The third kappa shape index (κ3) is 10.6. The van der Waals surface area contributed by atoms with Crippen LogP contribution in [-0.4, -0.2) is 37.9 Å². The van der Waals surface area contributed by atoms with Crippen molar-refractivity contribution in [3.8, 4) is 11.5 Å². The molecule has 0 aromatic heterocycles. The zero-order chi connectivity index (χ0) is 22.7. The summed E-state index contributed by atoms with van der Waals surface area (Å²) in [6, 6.07) is 12.9. The molecule has 0 fully saturated rings. The number of aliphatic imine (C=N–C) groups is 1. The summed E-state index contributed by atoms with van der Waals surface area (Å²) in [7, 11) is 0. The summed E-state index contributed by atoms with van der Waals surface area (Å²) in [4.78, 5) is 15.4. The first-order valence-electron chi connectivity index (χ1n) is 9.63. The SMILES string of the molecule is CCNC(=NCc1ccccc1OC(F)(F)F)NCCOc1cccc(NC(C)=O)c1.I. The Bertz CT molecular complexity index is 895. The fourth-order valence-electron chi connectivity index (χ4n) is 2.57. The first-order chi connectivity index (χ1) is 14.8. The Balaban J connectivity index is 0.00000512. The van der Waals surface area contributed by atoms with Crippen LogP contribution >= 0.6 is 24.0 Å². The van der Waals surface area contributed by atoms with Crippen molar-refractivity contribution in [3.05, 3.63) is 54.1 Å². The zero-order valence-electron chi connectivity index (χ0n) is 17.7. The van der Waals surface area contributed by atoms with Crippen LogP contribution in [0.5, 0.6) is 11.5 Å². The fraction of sp³-hybridized carbons (Fsp3) is 0.333. The molecule has 3 N–H and O–H groups in total. The minimum atomic E-state index is -4.77. The minimum Gasteiger partial charge on any atom is -0.492 e. The molecule has 2 rings (SSSR count). The van der Waals surface area contributed by atoms with Crippen LogP contribution < -0.4 is 25.4 Å². The summed E-state index contributed by atoms with van der Waals surface area (Å²) >= 11 is 0. The summed E-state index contributed by atoms with van der Waals surface area (Å²) in [5, 5.41) is 8.76. The van der Waals surface area contributed by atoms with Crippen LogP contribution in [0.15, 0.2) is 53.5 Å². The van der Waals surface area contributed by atoms with Gasteiger partial charge in [-0.1, -0.05) is 24.3 Å². The van der Waals surface area contributed by atoms with Crippen LogP contribution in [0.4, 0.5) is 18.9 Å². The van der Waals surface area contributed by atoms with Gasteiger partial charge in [-0.2, -0.15) is 0 Å². The van der Waals surface area contributed by atoms with E-state index in [-0.39, 0.29) is 42.2 Å². The smallest absolute Gasteiger partial charge is 0.492 e. The van der Waals surface area contributed by atoms with Gasteiger partial charge in [-0.3, -0.25) is 4.79 Å². The van der Waals surface area contributed by atoms with Gasteiger partial charge in [0.15, 0.2) is 5.96 Å². The Labute approximate surface area is 201 Å². The van der Waals surface area contributed by atoms with Crippen molar-refractivity contribution in [2.75, 3.05) is 25.0 Å². The largest absolute Gasteiger partial charge is 0.573 e. The van der Waals surface area contributed by atoms with Crippen LogP contribution in [-0.2, 0) is 11.3 Å².